The molecule has 2 rings (SSSR count). The number of hydrogen-bond acceptors (Lipinski definition) is 5. The summed E-state index contributed by atoms with van der Waals surface area (Å²) in [6, 6.07) is 2.10. The molecule has 2 N–H and O–H groups in total. The van der Waals surface area contributed by atoms with Crippen LogP contribution in [0.5, 0.6) is 0 Å². The Labute approximate surface area is 106 Å². The minimum atomic E-state index is 0.441. The van der Waals surface area contributed by atoms with Gasteiger partial charge in [-0.3, -0.25) is 0 Å². The van der Waals surface area contributed by atoms with E-state index in [2.05, 4.69) is 37.3 Å². The van der Waals surface area contributed by atoms with E-state index in [1.165, 1.54) is 4.88 Å². The summed E-state index contributed by atoms with van der Waals surface area (Å²) in [5.41, 5.74) is 5.49. The van der Waals surface area contributed by atoms with Gasteiger partial charge in [0, 0.05) is 21.8 Å². The molecule has 0 atom stereocenters. The van der Waals surface area contributed by atoms with Crippen LogP contribution in [0.4, 0.5) is 11.6 Å². The summed E-state index contributed by atoms with van der Waals surface area (Å²) in [5, 5.41) is 2.07. The van der Waals surface area contributed by atoms with Crippen LogP contribution in [0.15, 0.2) is 28.3 Å². The van der Waals surface area contributed by atoms with Gasteiger partial charge in [0.05, 0.1) is 18.9 Å². The lowest BCUT2D eigenvalue weighted by Gasteiger charge is -2.16. The predicted molar refractivity (Wildman–Crippen MR) is 70.6 cm³/mol. The van der Waals surface area contributed by atoms with Gasteiger partial charge in [-0.05, 0) is 22.0 Å². The topological polar surface area (TPSA) is 55.0 Å². The second-order valence-corrected chi connectivity index (χ2v) is 5.30. The van der Waals surface area contributed by atoms with E-state index in [0.717, 1.165) is 16.8 Å². The minimum Gasteiger partial charge on any atom is -0.382 e. The Morgan fingerprint density at radius 3 is 2.81 bits per heavy atom. The third-order valence-corrected chi connectivity index (χ3v) is 3.75. The highest BCUT2D eigenvalue weighted by atomic mass is 79.9. The third kappa shape index (κ3) is 2.70. The highest BCUT2D eigenvalue weighted by molar-refractivity contribution is 9.10. The van der Waals surface area contributed by atoms with Crippen LogP contribution in [0.3, 0.4) is 0 Å². The highest BCUT2D eigenvalue weighted by Gasteiger charge is 2.05. The number of nitrogens with zero attached hydrogens (tertiary/aromatic N) is 3. The molecule has 0 saturated heterocycles. The smallest absolute Gasteiger partial charge is 0.147 e. The van der Waals surface area contributed by atoms with Crippen LogP contribution in [-0.4, -0.2) is 17.0 Å². The summed E-state index contributed by atoms with van der Waals surface area (Å²) >= 11 is 5.15. The number of halogens is 1. The van der Waals surface area contributed by atoms with Gasteiger partial charge < -0.3 is 10.6 Å². The van der Waals surface area contributed by atoms with Crippen molar-refractivity contribution in [2.45, 2.75) is 6.54 Å². The molecule has 16 heavy (non-hydrogen) atoms. The Kier molecular flexibility index (Phi) is 3.40. The van der Waals surface area contributed by atoms with Gasteiger partial charge in [-0.25, -0.2) is 9.97 Å². The zero-order valence-electron chi connectivity index (χ0n) is 8.72. The molecule has 6 heteroatoms. The van der Waals surface area contributed by atoms with Gasteiger partial charge in [0.25, 0.3) is 0 Å². The van der Waals surface area contributed by atoms with Gasteiger partial charge in [-0.2, -0.15) is 0 Å². The maximum Gasteiger partial charge on any atom is 0.147 e. The average Bonchev–Trinajstić information content (AvgIpc) is 2.65. The summed E-state index contributed by atoms with van der Waals surface area (Å²) in [7, 11) is 1.98. The van der Waals surface area contributed by atoms with Gasteiger partial charge in [0.15, 0.2) is 0 Å². The van der Waals surface area contributed by atoms with Gasteiger partial charge >= 0.3 is 0 Å². The number of rotatable bonds is 3. The number of aromatic nitrogens is 2. The van der Waals surface area contributed by atoms with E-state index in [0.29, 0.717) is 5.82 Å². The molecule has 4 nitrogen and oxygen atoms in total. The maximum absolute atomic E-state index is 5.49. The van der Waals surface area contributed by atoms with Crippen LogP contribution >= 0.6 is 27.3 Å². The Morgan fingerprint density at radius 2 is 2.25 bits per heavy atom. The first kappa shape index (κ1) is 11.3. The summed E-state index contributed by atoms with van der Waals surface area (Å²) < 4.78 is 1.12. The van der Waals surface area contributed by atoms with E-state index in [-0.39, 0.29) is 0 Å². The fourth-order valence-electron chi connectivity index (χ4n) is 1.28. The molecule has 0 fully saturated rings. The van der Waals surface area contributed by atoms with E-state index in [1.807, 2.05) is 11.9 Å². The van der Waals surface area contributed by atoms with Crippen LogP contribution in [0, 0.1) is 0 Å². The molecule has 2 heterocycles. The summed E-state index contributed by atoms with van der Waals surface area (Å²) in [5.74, 6) is 1.26. The normalized spacial score (nSPS) is 10.4. The molecule has 0 radical (unpaired) electrons. The Hall–Kier alpha value is -1.14. The minimum absolute atomic E-state index is 0.441. The molecule has 0 aromatic carbocycles. The number of anilines is 2. The number of nitrogens with two attached hydrogens (primary N) is 1. The molecule has 0 bridgehead atoms. The molecule has 0 unspecified atom stereocenters. The molecular weight excluding hydrogens is 288 g/mol. The number of nitrogen functional groups attached to an aromatic ring is 1. The largest absolute Gasteiger partial charge is 0.382 e. The fourth-order valence-corrected chi connectivity index (χ4v) is 2.78. The van der Waals surface area contributed by atoms with Gasteiger partial charge in [-0.15, -0.1) is 11.3 Å². The molecule has 0 aliphatic rings. The van der Waals surface area contributed by atoms with Crippen molar-refractivity contribution in [1.29, 1.82) is 0 Å². The van der Waals surface area contributed by atoms with Crippen molar-refractivity contribution >= 4 is 38.9 Å². The van der Waals surface area contributed by atoms with Crippen molar-refractivity contribution in [2.75, 3.05) is 17.7 Å². The molecule has 0 aliphatic heterocycles. The molecule has 0 spiro atoms. The molecule has 0 saturated carbocycles. The first-order valence-corrected chi connectivity index (χ1v) is 6.34. The lowest BCUT2D eigenvalue weighted by Crippen LogP contribution is -2.17. The van der Waals surface area contributed by atoms with Gasteiger partial charge in [-0.1, -0.05) is 0 Å². The van der Waals surface area contributed by atoms with Crippen LogP contribution in [0.25, 0.3) is 0 Å². The number of hydrogen-bond donors (Lipinski definition) is 1. The fraction of sp³-hybridized carbons (Fsp3) is 0.200. The first-order chi connectivity index (χ1) is 7.65. The van der Waals surface area contributed by atoms with Crippen molar-refractivity contribution in [2.24, 2.45) is 0 Å². The van der Waals surface area contributed by atoms with Crippen molar-refractivity contribution in [3.63, 3.8) is 0 Å². The molecule has 0 aliphatic carbocycles. The first-order valence-electron chi connectivity index (χ1n) is 4.67. The third-order valence-electron chi connectivity index (χ3n) is 2.06. The molecule has 2 aromatic rings. The van der Waals surface area contributed by atoms with Gasteiger partial charge in [0.1, 0.15) is 11.6 Å². The van der Waals surface area contributed by atoms with E-state index in [1.54, 1.807) is 23.7 Å². The molecule has 0 amide bonds. The van der Waals surface area contributed by atoms with Crippen molar-refractivity contribution < 1.29 is 0 Å². The highest BCUT2D eigenvalue weighted by Crippen LogP contribution is 2.22. The van der Waals surface area contributed by atoms with Crippen LogP contribution in [0.1, 0.15) is 4.88 Å². The van der Waals surface area contributed by atoms with Crippen molar-refractivity contribution in [3.05, 3.63) is 33.2 Å². The standard InChI is InChI=1S/C10H11BrN4S/c1-15(5-8-2-7(11)6-16-8)10-4-13-9(12)3-14-10/h2-4,6H,5H2,1H3,(H2,12,13). The molecular formula is C10H11BrN4S. The summed E-state index contributed by atoms with van der Waals surface area (Å²) in [6.07, 6.45) is 3.24. The van der Waals surface area contributed by atoms with Crippen molar-refractivity contribution in [1.82, 2.24) is 9.97 Å². The second kappa shape index (κ2) is 4.80. The lowest BCUT2D eigenvalue weighted by molar-refractivity contribution is 0.904. The van der Waals surface area contributed by atoms with E-state index in [4.69, 9.17) is 5.73 Å². The monoisotopic (exact) mass is 298 g/mol. The summed E-state index contributed by atoms with van der Waals surface area (Å²) in [4.78, 5) is 11.5. The molecule has 84 valence electrons. The average molecular weight is 299 g/mol. The van der Waals surface area contributed by atoms with Crippen LogP contribution in [-0.2, 0) is 6.54 Å². The lowest BCUT2D eigenvalue weighted by atomic mass is 10.4. The van der Waals surface area contributed by atoms with Crippen molar-refractivity contribution in [3.8, 4) is 0 Å². The van der Waals surface area contributed by atoms with E-state index in [9.17, 15) is 0 Å². The van der Waals surface area contributed by atoms with Gasteiger partial charge in [0.2, 0.25) is 0 Å². The van der Waals surface area contributed by atoms with Crippen LogP contribution < -0.4 is 10.6 Å². The zero-order chi connectivity index (χ0) is 11.5. The second-order valence-electron chi connectivity index (χ2n) is 3.39. The van der Waals surface area contributed by atoms with E-state index >= 15 is 0 Å². The SMILES string of the molecule is CN(Cc1cc(Br)cs1)c1cnc(N)cn1. The predicted octanol–water partition coefficient (Wildman–Crippen LogP) is 2.52. The zero-order valence-corrected chi connectivity index (χ0v) is 11.1. The van der Waals surface area contributed by atoms with E-state index < -0.39 is 0 Å². The Bertz CT molecular complexity index is 468. The Morgan fingerprint density at radius 1 is 1.44 bits per heavy atom. The number of thiophene rings is 1. The Balaban J connectivity index is 2.08. The van der Waals surface area contributed by atoms with Crippen LogP contribution in [0.2, 0.25) is 0 Å². The maximum atomic E-state index is 5.49. The summed E-state index contributed by atoms with van der Waals surface area (Å²) in [6.45, 7) is 0.814. The molecule has 2 aromatic heterocycles. The quantitative estimate of drug-likeness (QED) is 0.946.